The first-order valence-corrected chi connectivity index (χ1v) is 7.99. The van der Waals surface area contributed by atoms with Gasteiger partial charge in [-0.1, -0.05) is 13.8 Å². The Kier molecular flexibility index (Phi) is 7.98. The van der Waals surface area contributed by atoms with Crippen LogP contribution in [0.3, 0.4) is 0 Å². The van der Waals surface area contributed by atoms with Crippen molar-refractivity contribution in [1.82, 2.24) is 5.32 Å². The topological polar surface area (TPSA) is 163 Å². The van der Waals surface area contributed by atoms with Crippen molar-refractivity contribution >= 4 is 29.3 Å². The van der Waals surface area contributed by atoms with Crippen LogP contribution in [-0.4, -0.2) is 42.6 Å². The van der Waals surface area contributed by atoms with Crippen LogP contribution in [0.4, 0.5) is 16.2 Å². The second-order valence-electron chi connectivity index (χ2n) is 5.99. The van der Waals surface area contributed by atoms with Gasteiger partial charge in [-0.25, -0.2) is 9.59 Å². The predicted molar refractivity (Wildman–Crippen MR) is 95.2 cm³/mol. The van der Waals surface area contributed by atoms with Gasteiger partial charge in [-0.2, -0.15) is 0 Å². The van der Waals surface area contributed by atoms with E-state index in [1.54, 1.807) is 0 Å². The third kappa shape index (κ3) is 7.18. The summed E-state index contributed by atoms with van der Waals surface area (Å²) in [5.41, 5.74) is 5.01. The SMILES string of the molecule is COc1cc([N+](=O)[O-])ccc1NC(=O)COC(=O)[C@@H](CC(C)C)NC(N)=O. The molecule has 3 amide bonds. The summed E-state index contributed by atoms with van der Waals surface area (Å²) in [6.45, 7) is 3.07. The number of non-ortho nitro benzene ring substituents is 1. The van der Waals surface area contributed by atoms with Crippen LogP contribution in [0.15, 0.2) is 18.2 Å². The molecule has 148 valence electrons. The number of ether oxygens (including phenoxy) is 2. The standard InChI is InChI=1S/C16H22N4O7/c1-9(2)6-12(19-16(17)23)15(22)27-8-14(21)18-11-5-4-10(20(24)25)7-13(11)26-3/h4-5,7,9,12H,6,8H2,1-3H3,(H,18,21)(H3,17,19,23)/t12-/m1/s1. The van der Waals surface area contributed by atoms with E-state index < -0.39 is 35.5 Å². The zero-order chi connectivity index (χ0) is 20.6. The number of carbonyl (C=O) groups is 3. The number of hydrogen-bond acceptors (Lipinski definition) is 7. The van der Waals surface area contributed by atoms with Gasteiger partial charge < -0.3 is 25.8 Å². The molecule has 0 spiro atoms. The number of anilines is 1. The molecule has 0 radical (unpaired) electrons. The smallest absolute Gasteiger partial charge is 0.329 e. The molecule has 1 aromatic carbocycles. The molecule has 0 saturated heterocycles. The lowest BCUT2D eigenvalue weighted by molar-refractivity contribution is -0.384. The molecule has 1 rings (SSSR count). The summed E-state index contributed by atoms with van der Waals surface area (Å²) < 4.78 is 9.91. The molecular weight excluding hydrogens is 360 g/mol. The zero-order valence-corrected chi connectivity index (χ0v) is 15.2. The minimum atomic E-state index is -0.968. The van der Waals surface area contributed by atoms with Crippen LogP contribution in [0.2, 0.25) is 0 Å². The first-order valence-electron chi connectivity index (χ1n) is 7.99. The van der Waals surface area contributed by atoms with Gasteiger partial charge in [0.25, 0.3) is 11.6 Å². The number of amides is 3. The number of primary amides is 1. The molecule has 27 heavy (non-hydrogen) atoms. The maximum atomic E-state index is 12.0. The number of nitrogens with zero attached hydrogens (tertiary/aromatic N) is 1. The van der Waals surface area contributed by atoms with Crippen molar-refractivity contribution in [2.24, 2.45) is 11.7 Å². The Hall–Kier alpha value is -3.37. The molecule has 0 bridgehead atoms. The molecular formula is C16H22N4O7. The third-order valence-electron chi connectivity index (χ3n) is 3.32. The van der Waals surface area contributed by atoms with E-state index in [0.717, 1.165) is 6.07 Å². The number of nitro benzene ring substituents is 1. The van der Waals surface area contributed by atoms with Gasteiger partial charge in [0.15, 0.2) is 6.61 Å². The fourth-order valence-corrected chi connectivity index (χ4v) is 2.18. The van der Waals surface area contributed by atoms with Crippen molar-refractivity contribution in [3.8, 4) is 5.75 Å². The Bertz CT molecular complexity index is 721. The monoisotopic (exact) mass is 382 g/mol. The summed E-state index contributed by atoms with van der Waals surface area (Å²) in [4.78, 5) is 45.2. The fourth-order valence-electron chi connectivity index (χ4n) is 2.18. The minimum Gasteiger partial charge on any atom is -0.494 e. The lowest BCUT2D eigenvalue weighted by Crippen LogP contribution is -2.45. The summed E-state index contributed by atoms with van der Waals surface area (Å²) in [7, 11) is 1.29. The van der Waals surface area contributed by atoms with Crippen molar-refractivity contribution in [3.63, 3.8) is 0 Å². The molecule has 0 aliphatic rings. The highest BCUT2D eigenvalue weighted by Crippen LogP contribution is 2.28. The largest absolute Gasteiger partial charge is 0.494 e. The Morgan fingerprint density at radius 3 is 2.48 bits per heavy atom. The Balaban J connectivity index is 2.70. The Labute approximate surface area is 155 Å². The number of methoxy groups -OCH3 is 1. The number of carbonyl (C=O) groups excluding carboxylic acids is 3. The van der Waals surface area contributed by atoms with Crippen LogP contribution >= 0.6 is 0 Å². The van der Waals surface area contributed by atoms with Crippen LogP contribution in [0, 0.1) is 16.0 Å². The van der Waals surface area contributed by atoms with E-state index in [2.05, 4.69) is 10.6 Å². The number of hydrogen-bond donors (Lipinski definition) is 3. The molecule has 1 atom stereocenters. The van der Waals surface area contributed by atoms with Gasteiger partial charge in [0.1, 0.15) is 11.8 Å². The summed E-state index contributed by atoms with van der Waals surface area (Å²) in [5, 5.41) is 15.5. The maximum Gasteiger partial charge on any atom is 0.329 e. The highest BCUT2D eigenvalue weighted by molar-refractivity contribution is 5.94. The number of benzene rings is 1. The second kappa shape index (κ2) is 9.94. The van der Waals surface area contributed by atoms with Crippen molar-refractivity contribution in [3.05, 3.63) is 28.3 Å². The van der Waals surface area contributed by atoms with Gasteiger partial charge >= 0.3 is 12.0 Å². The van der Waals surface area contributed by atoms with Crippen LogP contribution in [0.1, 0.15) is 20.3 Å². The maximum absolute atomic E-state index is 12.0. The predicted octanol–water partition coefficient (Wildman–Crippen LogP) is 1.17. The molecule has 0 heterocycles. The number of nitrogens with two attached hydrogens (primary N) is 1. The average Bonchev–Trinajstić information content (AvgIpc) is 2.58. The van der Waals surface area contributed by atoms with E-state index in [-0.39, 0.29) is 23.0 Å². The number of urea groups is 1. The van der Waals surface area contributed by atoms with E-state index in [9.17, 15) is 24.5 Å². The molecule has 1 aromatic rings. The van der Waals surface area contributed by atoms with Gasteiger partial charge in [-0.05, 0) is 18.4 Å². The summed E-state index contributed by atoms with van der Waals surface area (Å²) >= 11 is 0. The molecule has 0 aliphatic heterocycles. The fraction of sp³-hybridized carbons (Fsp3) is 0.438. The van der Waals surface area contributed by atoms with Crippen molar-refractivity contribution in [2.75, 3.05) is 19.0 Å². The normalized spacial score (nSPS) is 11.4. The molecule has 0 aromatic heterocycles. The number of nitro groups is 1. The summed E-state index contributed by atoms with van der Waals surface area (Å²) in [6, 6.07) is 1.80. The molecule has 0 saturated carbocycles. The van der Waals surface area contributed by atoms with Gasteiger partial charge in [-0.15, -0.1) is 0 Å². The molecule has 11 heteroatoms. The van der Waals surface area contributed by atoms with Crippen LogP contribution in [0.25, 0.3) is 0 Å². The Morgan fingerprint density at radius 1 is 1.30 bits per heavy atom. The number of rotatable bonds is 9. The van der Waals surface area contributed by atoms with Crippen LogP contribution < -0.4 is 21.1 Å². The van der Waals surface area contributed by atoms with E-state index in [1.807, 2.05) is 13.8 Å². The highest BCUT2D eigenvalue weighted by atomic mass is 16.6. The molecule has 4 N–H and O–H groups in total. The molecule has 0 fully saturated rings. The van der Waals surface area contributed by atoms with Gasteiger partial charge in [-0.3, -0.25) is 14.9 Å². The lowest BCUT2D eigenvalue weighted by atomic mass is 10.0. The first-order chi connectivity index (χ1) is 12.6. The van der Waals surface area contributed by atoms with E-state index in [1.165, 1.54) is 19.2 Å². The van der Waals surface area contributed by atoms with Gasteiger partial charge in [0.2, 0.25) is 0 Å². The number of nitrogens with one attached hydrogen (secondary N) is 2. The van der Waals surface area contributed by atoms with E-state index >= 15 is 0 Å². The highest BCUT2D eigenvalue weighted by Gasteiger charge is 2.23. The van der Waals surface area contributed by atoms with Crippen LogP contribution in [-0.2, 0) is 14.3 Å². The minimum absolute atomic E-state index is 0.0765. The summed E-state index contributed by atoms with van der Waals surface area (Å²) in [5.74, 6) is -1.32. The first kappa shape index (κ1) is 21.7. The molecule has 11 nitrogen and oxygen atoms in total. The lowest BCUT2D eigenvalue weighted by Gasteiger charge is -2.18. The summed E-state index contributed by atoms with van der Waals surface area (Å²) in [6.07, 6.45) is 0.291. The van der Waals surface area contributed by atoms with Crippen molar-refractivity contribution in [2.45, 2.75) is 26.3 Å². The van der Waals surface area contributed by atoms with Gasteiger partial charge in [0, 0.05) is 6.07 Å². The molecule has 0 unspecified atom stereocenters. The van der Waals surface area contributed by atoms with Gasteiger partial charge in [0.05, 0.1) is 23.8 Å². The van der Waals surface area contributed by atoms with Crippen molar-refractivity contribution in [1.29, 1.82) is 0 Å². The second-order valence-corrected chi connectivity index (χ2v) is 5.99. The third-order valence-corrected chi connectivity index (χ3v) is 3.32. The Morgan fingerprint density at radius 2 is 1.96 bits per heavy atom. The quantitative estimate of drug-likeness (QED) is 0.328. The van der Waals surface area contributed by atoms with E-state index in [4.69, 9.17) is 15.2 Å². The number of esters is 1. The average molecular weight is 382 g/mol. The van der Waals surface area contributed by atoms with E-state index in [0.29, 0.717) is 6.42 Å². The zero-order valence-electron chi connectivity index (χ0n) is 15.2. The van der Waals surface area contributed by atoms with Crippen LogP contribution in [0.5, 0.6) is 5.75 Å². The van der Waals surface area contributed by atoms with Crippen molar-refractivity contribution < 1.29 is 28.8 Å². The molecule has 0 aliphatic carbocycles.